The maximum absolute atomic E-state index is 12.9. The number of nitrogen functional groups attached to an aromatic ring is 1. The molecule has 1 saturated heterocycles. The zero-order chi connectivity index (χ0) is 16.9. The topological polar surface area (TPSA) is 105 Å². The van der Waals surface area contributed by atoms with Crippen molar-refractivity contribution in [3.8, 4) is 0 Å². The van der Waals surface area contributed by atoms with Crippen LogP contribution in [-0.4, -0.2) is 38.5 Å². The van der Waals surface area contributed by atoms with Crippen molar-refractivity contribution in [3.05, 3.63) is 42.2 Å². The van der Waals surface area contributed by atoms with Gasteiger partial charge in [-0.25, -0.2) is 9.97 Å². The standard InChI is InChI=1S/C17H22N4O3/c18-16-15(19-7-8-20-16)17(23)21-9-3-1-2-5-12(21)11-13(22)14-6-4-10-24-14/h4,6-8,10,12-13,22H,1-3,5,9,11H2,(H2,18,20)/t12-,13-/m0/s1. The summed E-state index contributed by atoms with van der Waals surface area (Å²) in [6.07, 6.45) is 8.01. The first-order chi connectivity index (χ1) is 11.7. The lowest BCUT2D eigenvalue weighted by atomic mass is 10.0. The van der Waals surface area contributed by atoms with Gasteiger partial charge in [0.05, 0.1) is 6.26 Å². The molecule has 3 rings (SSSR count). The predicted molar refractivity (Wildman–Crippen MR) is 88.0 cm³/mol. The molecule has 0 radical (unpaired) electrons. The number of carbonyl (C=O) groups excluding carboxylic acids is 1. The van der Waals surface area contributed by atoms with Gasteiger partial charge in [-0.1, -0.05) is 12.8 Å². The average molecular weight is 330 g/mol. The van der Waals surface area contributed by atoms with Crippen LogP contribution in [0, 0.1) is 0 Å². The number of anilines is 1. The van der Waals surface area contributed by atoms with Gasteiger partial charge in [-0.15, -0.1) is 0 Å². The number of nitrogens with zero attached hydrogens (tertiary/aromatic N) is 3. The fourth-order valence-corrected chi connectivity index (χ4v) is 3.19. The van der Waals surface area contributed by atoms with E-state index in [1.165, 1.54) is 18.7 Å². The molecule has 1 aliphatic rings. The third-order valence-electron chi connectivity index (χ3n) is 4.43. The second-order valence-electron chi connectivity index (χ2n) is 6.06. The summed E-state index contributed by atoms with van der Waals surface area (Å²) >= 11 is 0. The molecule has 1 amide bonds. The van der Waals surface area contributed by atoms with Crippen LogP contribution in [0.5, 0.6) is 0 Å². The fraction of sp³-hybridized carbons (Fsp3) is 0.471. The molecule has 24 heavy (non-hydrogen) atoms. The van der Waals surface area contributed by atoms with E-state index in [2.05, 4.69) is 9.97 Å². The van der Waals surface area contributed by atoms with Gasteiger partial charge < -0.3 is 20.2 Å². The molecular weight excluding hydrogens is 308 g/mol. The van der Waals surface area contributed by atoms with Gasteiger partial charge >= 0.3 is 0 Å². The van der Waals surface area contributed by atoms with E-state index < -0.39 is 6.10 Å². The zero-order valence-electron chi connectivity index (χ0n) is 13.5. The molecule has 7 heteroatoms. The van der Waals surface area contributed by atoms with Crippen LogP contribution >= 0.6 is 0 Å². The van der Waals surface area contributed by atoms with Crippen LogP contribution in [0.2, 0.25) is 0 Å². The maximum atomic E-state index is 12.9. The SMILES string of the molecule is Nc1nccnc1C(=O)N1CCCCC[C@H]1C[C@H](O)c1ccco1. The molecular formula is C17H22N4O3. The Morgan fingerprint density at radius 1 is 1.38 bits per heavy atom. The lowest BCUT2D eigenvalue weighted by Gasteiger charge is -2.31. The zero-order valence-corrected chi connectivity index (χ0v) is 13.5. The van der Waals surface area contributed by atoms with Crippen molar-refractivity contribution in [2.24, 2.45) is 0 Å². The van der Waals surface area contributed by atoms with Crippen molar-refractivity contribution in [1.29, 1.82) is 0 Å². The van der Waals surface area contributed by atoms with Gasteiger partial charge in [0.15, 0.2) is 11.5 Å². The number of aliphatic hydroxyl groups is 1. The molecule has 0 spiro atoms. The van der Waals surface area contributed by atoms with Crippen molar-refractivity contribution >= 4 is 11.7 Å². The number of nitrogens with two attached hydrogens (primary N) is 1. The van der Waals surface area contributed by atoms with Gasteiger partial charge in [-0.3, -0.25) is 4.79 Å². The lowest BCUT2D eigenvalue weighted by Crippen LogP contribution is -2.41. The number of aliphatic hydroxyl groups excluding tert-OH is 1. The van der Waals surface area contributed by atoms with Crippen LogP contribution in [0.4, 0.5) is 5.82 Å². The largest absolute Gasteiger partial charge is 0.467 e. The molecule has 0 aliphatic carbocycles. The first kappa shape index (κ1) is 16.4. The molecule has 2 aromatic heterocycles. The minimum atomic E-state index is -0.738. The minimum absolute atomic E-state index is 0.0819. The van der Waals surface area contributed by atoms with Gasteiger partial charge in [0.2, 0.25) is 0 Å². The van der Waals surface area contributed by atoms with Crippen molar-refractivity contribution < 1.29 is 14.3 Å². The maximum Gasteiger partial charge on any atom is 0.276 e. The molecule has 2 atom stereocenters. The van der Waals surface area contributed by atoms with Gasteiger partial charge in [0.1, 0.15) is 11.9 Å². The molecule has 1 fully saturated rings. The summed E-state index contributed by atoms with van der Waals surface area (Å²) in [6, 6.07) is 3.41. The van der Waals surface area contributed by atoms with Crippen LogP contribution < -0.4 is 5.73 Å². The molecule has 7 nitrogen and oxygen atoms in total. The Kier molecular flexibility index (Phi) is 5.10. The monoisotopic (exact) mass is 330 g/mol. The average Bonchev–Trinajstić information content (AvgIpc) is 3.03. The van der Waals surface area contributed by atoms with Crippen LogP contribution in [0.3, 0.4) is 0 Å². The number of hydrogen-bond donors (Lipinski definition) is 2. The van der Waals surface area contributed by atoms with Crippen LogP contribution in [0.25, 0.3) is 0 Å². The number of carbonyl (C=O) groups is 1. The highest BCUT2D eigenvalue weighted by Crippen LogP contribution is 2.28. The number of likely N-dealkylation sites (tertiary alicyclic amines) is 1. The summed E-state index contributed by atoms with van der Waals surface area (Å²) in [5, 5.41) is 10.4. The van der Waals surface area contributed by atoms with Gasteiger partial charge in [-0.2, -0.15) is 0 Å². The van der Waals surface area contributed by atoms with Gasteiger partial charge in [0, 0.05) is 31.4 Å². The Hall–Kier alpha value is -2.41. The fourth-order valence-electron chi connectivity index (χ4n) is 3.19. The van der Waals surface area contributed by atoms with Crippen molar-refractivity contribution in [2.45, 2.75) is 44.2 Å². The van der Waals surface area contributed by atoms with E-state index in [9.17, 15) is 9.90 Å². The van der Waals surface area contributed by atoms with E-state index in [0.29, 0.717) is 18.7 Å². The summed E-state index contributed by atoms with van der Waals surface area (Å²) in [5.74, 6) is 0.432. The van der Waals surface area contributed by atoms with Crippen molar-refractivity contribution in [1.82, 2.24) is 14.9 Å². The Labute approximate surface area is 140 Å². The van der Waals surface area contributed by atoms with E-state index >= 15 is 0 Å². The number of rotatable bonds is 4. The molecule has 0 saturated carbocycles. The lowest BCUT2D eigenvalue weighted by molar-refractivity contribution is 0.0553. The third-order valence-corrected chi connectivity index (χ3v) is 4.43. The highest BCUT2D eigenvalue weighted by Gasteiger charge is 2.30. The van der Waals surface area contributed by atoms with Crippen molar-refractivity contribution in [2.75, 3.05) is 12.3 Å². The Morgan fingerprint density at radius 3 is 2.96 bits per heavy atom. The van der Waals surface area contributed by atoms with E-state index in [1.807, 2.05) is 0 Å². The summed E-state index contributed by atoms with van der Waals surface area (Å²) in [7, 11) is 0. The number of furan rings is 1. The molecule has 0 unspecified atom stereocenters. The summed E-state index contributed by atoms with van der Waals surface area (Å²) in [4.78, 5) is 22.7. The van der Waals surface area contributed by atoms with E-state index in [1.54, 1.807) is 17.0 Å². The Morgan fingerprint density at radius 2 is 2.21 bits per heavy atom. The first-order valence-electron chi connectivity index (χ1n) is 8.25. The minimum Gasteiger partial charge on any atom is -0.467 e. The second kappa shape index (κ2) is 7.44. The van der Waals surface area contributed by atoms with Gasteiger partial charge in [0.25, 0.3) is 5.91 Å². The smallest absolute Gasteiger partial charge is 0.276 e. The molecule has 1 aliphatic heterocycles. The van der Waals surface area contributed by atoms with Crippen molar-refractivity contribution in [3.63, 3.8) is 0 Å². The molecule has 2 aromatic rings. The van der Waals surface area contributed by atoms with E-state index in [-0.39, 0.29) is 23.5 Å². The quantitative estimate of drug-likeness (QED) is 0.890. The first-order valence-corrected chi connectivity index (χ1v) is 8.25. The number of amides is 1. The van der Waals surface area contributed by atoms with Crippen LogP contribution in [-0.2, 0) is 0 Å². The highest BCUT2D eigenvalue weighted by atomic mass is 16.4. The molecule has 3 N–H and O–H groups in total. The number of aromatic nitrogens is 2. The Bertz CT molecular complexity index is 674. The normalized spacial score (nSPS) is 19.7. The molecule has 3 heterocycles. The predicted octanol–water partition coefficient (Wildman–Crippen LogP) is 2.16. The Balaban J connectivity index is 1.80. The highest BCUT2D eigenvalue weighted by molar-refractivity contribution is 5.96. The van der Waals surface area contributed by atoms with Crippen LogP contribution in [0.15, 0.2) is 35.2 Å². The summed E-state index contributed by atoms with van der Waals surface area (Å²) < 4.78 is 5.27. The van der Waals surface area contributed by atoms with E-state index in [0.717, 1.165) is 25.7 Å². The second-order valence-corrected chi connectivity index (χ2v) is 6.06. The third kappa shape index (κ3) is 3.56. The molecule has 0 aromatic carbocycles. The summed E-state index contributed by atoms with van der Waals surface area (Å²) in [5.41, 5.74) is 5.98. The van der Waals surface area contributed by atoms with Crippen LogP contribution in [0.1, 0.15) is 54.5 Å². The summed E-state index contributed by atoms with van der Waals surface area (Å²) in [6.45, 7) is 0.629. The molecule has 0 bridgehead atoms. The van der Waals surface area contributed by atoms with E-state index in [4.69, 9.17) is 10.2 Å². The van der Waals surface area contributed by atoms with Gasteiger partial charge in [-0.05, 0) is 25.0 Å². The number of hydrogen-bond acceptors (Lipinski definition) is 6. The molecule has 128 valence electrons.